The summed E-state index contributed by atoms with van der Waals surface area (Å²) >= 11 is 5.28. The number of allylic oxidation sites excluding steroid dienone is 1. The smallest absolute Gasteiger partial charge is 0.157 e. The van der Waals surface area contributed by atoms with E-state index in [1.807, 2.05) is 10.6 Å². The number of nitrogens with one attached hydrogen (secondary N) is 1. The zero-order valence-corrected chi connectivity index (χ0v) is 20.3. The number of hydrogen-bond acceptors (Lipinski definition) is 5. The van der Waals surface area contributed by atoms with E-state index in [-0.39, 0.29) is 16.7 Å². The van der Waals surface area contributed by atoms with Gasteiger partial charge in [0.1, 0.15) is 11.2 Å². The summed E-state index contributed by atoms with van der Waals surface area (Å²) in [5, 5.41) is 0. The summed E-state index contributed by atoms with van der Waals surface area (Å²) in [7, 11) is 0. The Hall–Kier alpha value is -2.15. The van der Waals surface area contributed by atoms with Crippen molar-refractivity contribution >= 4 is 34.9 Å². The molecular formula is C26H32N4O2S. The number of fused-ring (bicyclic) bond motifs is 6. The van der Waals surface area contributed by atoms with Crippen LogP contribution in [-0.2, 0) is 16.1 Å². The highest BCUT2D eigenvalue weighted by Crippen LogP contribution is 2.66. The van der Waals surface area contributed by atoms with Crippen molar-refractivity contribution in [2.45, 2.75) is 71.8 Å². The van der Waals surface area contributed by atoms with Crippen molar-refractivity contribution in [2.75, 3.05) is 0 Å². The molecule has 0 saturated heterocycles. The molecule has 33 heavy (non-hydrogen) atoms. The van der Waals surface area contributed by atoms with E-state index in [1.54, 1.807) is 12.7 Å². The molecule has 2 aromatic rings. The van der Waals surface area contributed by atoms with Gasteiger partial charge in [0.2, 0.25) is 0 Å². The van der Waals surface area contributed by atoms with Crippen molar-refractivity contribution in [1.29, 1.82) is 0 Å². The third-order valence-electron chi connectivity index (χ3n) is 10.1. The maximum absolute atomic E-state index is 13.6. The summed E-state index contributed by atoms with van der Waals surface area (Å²) in [6.45, 7) is 5.15. The molecule has 3 saturated carbocycles. The van der Waals surface area contributed by atoms with Crippen molar-refractivity contribution in [1.82, 2.24) is 19.5 Å². The van der Waals surface area contributed by atoms with Crippen molar-refractivity contribution in [2.24, 2.45) is 34.5 Å². The fraction of sp³-hybridized carbons (Fsp3) is 0.654. The predicted molar refractivity (Wildman–Crippen MR) is 128 cm³/mol. The van der Waals surface area contributed by atoms with Gasteiger partial charge in [-0.05, 0) is 79.6 Å². The minimum atomic E-state index is 0.0745. The number of rotatable bonds is 3. The fourth-order valence-electron chi connectivity index (χ4n) is 8.39. The molecule has 4 aliphatic carbocycles. The van der Waals surface area contributed by atoms with Crippen LogP contribution in [0.3, 0.4) is 0 Å². The Balaban J connectivity index is 1.25. The number of aromatic amines is 1. The number of aromatic nitrogens is 4. The molecular weight excluding hydrogens is 432 g/mol. The first kappa shape index (κ1) is 21.4. The van der Waals surface area contributed by atoms with E-state index in [0.29, 0.717) is 52.4 Å². The highest BCUT2D eigenvalue weighted by molar-refractivity contribution is 7.71. The van der Waals surface area contributed by atoms with Gasteiger partial charge in [0.15, 0.2) is 16.2 Å². The van der Waals surface area contributed by atoms with E-state index in [0.717, 1.165) is 37.8 Å². The van der Waals surface area contributed by atoms with Crippen LogP contribution in [0.1, 0.15) is 65.2 Å². The van der Waals surface area contributed by atoms with Crippen LogP contribution in [0.2, 0.25) is 0 Å². The van der Waals surface area contributed by atoms with E-state index in [1.165, 1.54) is 18.4 Å². The lowest BCUT2D eigenvalue weighted by molar-refractivity contribution is -0.131. The maximum atomic E-state index is 13.6. The predicted octanol–water partition coefficient (Wildman–Crippen LogP) is 5.21. The van der Waals surface area contributed by atoms with E-state index in [4.69, 9.17) is 12.2 Å². The lowest BCUT2D eigenvalue weighted by Gasteiger charge is -2.58. The van der Waals surface area contributed by atoms with Crippen LogP contribution < -0.4 is 0 Å². The standard InChI is InChI=1S/C26H32N4O2S/c1-25-9-7-16(31)11-15(25)3-4-17-18-5-6-20(26(18,2)10-8-19(17)25)21(32)12-30-14-29-22-23(30)27-13-28-24(22)33/h11,13-14,17-20H,3-10,12H2,1-2H3,(H,27,28,33)/t17-,18-,19-,20-,25-,26-/m1/s1. The molecule has 3 fully saturated rings. The number of nitrogens with zero attached hydrogens (tertiary/aromatic N) is 3. The Morgan fingerprint density at radius 3 is 2.85 bits per heavy atom. The number of H-pyrrole nitrogens is 1. The van der Waals surface area contributed by atoms with Crippen LogP contribution in [0.25, 0.3) is 11.2 Å². The van der Waals surface area contributed by atoms with E-state index in [2.05, 4.69) is 28.8 Å². The van der Waals surface area contributed by atoms with E-state index >= 15 is 0 Å². The zero-order valence-electron chi connectivity index (χ0n) is 19.5. The highest BCUT2D eigenvalue weighted by atomic mass is 32.1. The molecule has 2 heterocycles. The second-order valence-electron chi connectivity index (χ2n) is 11.4. The average molecular weight is 465 g/mol. The molecule has 7 heteroatoms. The minimum Gasteiger partial charge on any atom is -0.330 e. The largest absolute Gasteiger partial charge is 0.330 e. The molecule has 0 spiro atoms. The Labute approximate surface area is 199 Å². The van der Waals surface area contributed by atoms with Gasteiger partial charge < -0.3 is 9.55 Å². The van der Waals surface area contributed by atoms with Crippen LogP contribution in [0.15, 0.2) is 24.3 Å². The molecule has 0 amide bonds. The Morgan fingerprint density at radius 2 is 2.00 bits per heavy atom. The van der Waals surface area contributed by atoms with Gasteiger partial charge in [-0.1, -0.05) is 31.6 Å². The average Bonchev–Trinajstić information content (AvgIpc) is 3.36. The third-order valence-corrected chi connectivity index (χ3v) is 10.4. The van der Waals surface area contributed by atoms with Gasteiger partial charge in [0.25, 0.3) is 0 Å². The SMILES string of the molecule is C[C@@]12CC[C@@H]3[C@H](CCC4=CC(=O)CC[C@]43C)[C@H]1CC[C@@H]2C(=O)Cn1cnc2c(=S)nc[nH]c21. The minimum absolute atomic E-state index is 0.0745. The molecule has 174 valence electrons. The van der Waals surface area contributed by atoms with Crippen molar-refractivity contribution in [3.63, 3.8) is 0 Å². The first-order chi connectivity index (χ1) is 15.8. The number of hydrogen-bond donors (Lipinski definition) is 1. The van der Waals surface area contributed by atoms with Crippen LogP contribution in [0.5, 0.6) is 0 Å². The van der Waals surface area contributed by atoms with E-state index in [9.17, 15) is 9.59 Å². The van der Waals surface area contributed by atoms with Crippen LogP contribution >= 0.6 is 12.2 Å². The van der Waals surface area contributed by atoms with Gasteiger partial charge >= 0.3 is 0 Å². The first-order valence-electron chi connectivity index (χ1n) is 12.5. The molecule has 6 nitrogen and oxygen atoms in total. The van der Waals surface area contributed by atoms with Crippen LogP contribution in [0, 0.1) is 39.1 Å². The van der Waals surface area contributed by atoms with Gasteiger partial charge in [-0.25, -0.2) is 9.97 Å². The summed E-state index contributed by atoms with van der Waals surface area (Å²) in [6.07, 6.45) is 13.6. The monoisotopic (exact) mass is 464 g/mol. The second kappa shape index (κ2) is 7.42. The lowest BCUT2D eigenvalue weighted by atomic mass is 9.46. The molecule has 0 unspecified atom stereocenters. The Morgan fingerprint density at radius 1 is 1.15 bits per heavy atom. The van der Waals surface area contributed by atoms with Crippen molar-refractivity contribution in [3.8, 4) is 0 Å². The molecule has 0 aliphatic heterocycles. The molecule has 1 N–H and O–H groups in total. The fourth-order valence-corrected chi connectivity index (χ4v) is 8.59. The van der Waals surface area contributed by atoms with E-state index < -0.39 is 0 Å². The summed E-state index contributed by atoms with van der Waals surface area (Å²) in [6, 6.07) is 0. The Kier molecular flexibility index (Phi) is 4.81. The lowest BCUT2D eigenvalue weighted by Crippen LogP contribution is -2.51. The second-order valence-corrected chi connectivity index (χ2v) is 11.8. The third kappa shape index (κ3) is 3.07. The summed E-state index contributed by atoms with van der Waals surface area (Å²) < 4.78 is 2.36. The van der Waals surface area contributed by atoms with Crippen LogP contribution in [-0.4, -0.2) is 31.1 Å². The number of Topliss-reactive ketones (excluding diaryl/α,β-unsaturated/α-hetero) is 1. The maximum Gasteiger partial charge on any atom is 0.157 e. The molecule has 2 aromatic heterocycles. The molecule has 0 bridgehead atoms. The van der Waals surface area contributed by atoms with Crippen LogP contribution in [0.4, 0.5) is 0 Å². The highest BCUT2D eigenvalue weighted by Gasteiger charge is 2.60. The first-order valence-corrected chi connectivity index (χ1v) is 12.9. The summed E-state index contributed by atoms with van der Waals surface area (Å²) in [4.78, 5) is 37.3. The Bertz CT molecular complexity index is 1240. The number of ketones is 2. The summed E-state index contributed by atoms with van der Waals surface area (Å²) in [5.41, 5.74) is 3.10. The number of carbonyl (C=O) groups is 2. The number of carbonyl (C=O) groups excluding carboxylic acids is 2. The summed E-state index contributed by atoms with van der Waals surface area (Å²) in [5.74, 6) is 2.67. The van der Waals surface area contributed by atoms with Gasteiger partial charge in [-0.2, -0.15) is 0 Å². The van der Waals surface area contributed by atoms with Gasteiger partial charge in [0.05, 0.1) is 19.2 Å². The molecule has 0 radical (unpaired) electrons. The number of imidazole rings is 1. The zero-order chi connectivity index (χ0) is 23.0. The molecule has 0 aromatic carbocycles. The molecule has 6 rings (SSSR count). The van der Waals surface area contributed by atoms with Crippen molar-refractivity contribution in [3.05, 3.63) is 28.9 Å². The topological polar surface area (TPSA) is 80.6 Å². The normalized spacial score (nSPS) is 37.9. The van der Waals surface area contributed by atoms with Gasteiger partial charge in [-0.15, -0.1) is 0 Å². The molecule has 6 atom stereocenters. The van der Waals surface area contributed by atoms with Crippen molar-refractivity contribution < 1.29 is 9.59 Å². The quantitative estimate of drug-likeness (QED) is 0.631. The molecule has 4 aliphatic rings. The van der Waals surface area contributed by atoms with Gasteiger partial charge in [-0.3, -0.25) is 9.59 Å². The van der Waals surface area contributed by atoms with Gasteiger partial charge in [0, 0.05) is 12.3 Å².